The van der Waals surface area contributed by atoms with Crippen LogP contribution in [0.3, 0.4) is 0 Å². The zero-order chi connectivity index (χ0) is 16.2. The number of hydrogen-bond acceptors (Lipinski definition) is 5. The molecule has 1 aromatic rings. The third-order valence-electron chi connectivity index (χ3n) is 4.09. The first-order valence-corrected chi connectivity index (χ1v) is 8.08. The van der Waals surface area contributed by atoms with Crippen molar-refractivity contribution in [2.45, 2.75) is 45.4 Å². The van der Waals surface area contributed by atoms with Crippen molar-refractivity contribution in [2.24, 2.45) is 11.7 Å². The number of anilines is 1. The average molecular weight is 308 g/mol. The van der Waals surface area contributed by atoms with Crippen LogP contribution in [-0.4, -0.2) is 42.1 Å². The molecule has 1 aromatic heterocycles. The summed E-state index contributed by atoms with van der Waals surface area (Å²) in [5, 5.41) is 6.80. The van der Waals surface area contributed by atoms with Crippen LogP contribution in [0.25, 0.3) is 0 Å². The molecule has 0 spiro atoms. The van der Waals surface area contributed by atoms with Crippen LogP contribution in [0.15, 0.2) is 10.6 Å². The Morgan fingerprint density at radius 3 is 2.95 bits per heavy atom. The molecule has 2 rings (SSSR count). The van der Waals surface area contributed by atoms with Gasteiger partial charge in [-0.2, -0.15) is 0 Å². The van der Waals surface area contributed by atoms with Crippen LogP contribution in [0.2, 0.25) is 0 Å². The molecule has 0 bridgehead atoms. The van der Waals surface area contributed by atoms with E-state index in [1.165, 1.54) is 6.42 Å². The second-order valence-corrected chi connectivity index (χ2v) is 7.20. The normalized spacial score (nSPS) is 20.1. The summed E-state index contributed by atoms with van der Waals surface area (Å²) in [6, 6.07) is 1.80. The van der Waals surface area contributed by atoms with Crippen LogP contribution in [0.4, 0.5) is 5.88 Å². The molecule has 1 saturated heterocycles. The lowest BCUT2D eigenvalue weighted by Gasteiger charge is -2.31. The zero-order valence-electron chi connectivity index (χ0n) is 13.9. The lowest BCUT2D eigenvalue weighted by Crippen LogP contribution is -2.40. The van der Waals surface area contributed by atoms with Crippen molar-refractivity contribution in [3.05, 3.63) is 11.8 Å². The zero-order valence-corrected chi connectivity index (χ0v) is 13.9. The highest BCUT2D eigenvalue weighted by atomic mass is 16.5. The van der Waals surface area contributed by atoms with Crippen LogP contribution >= 0.6 is 0 Å². The van der Waals surface area contributed by atoms with Gasteiger partial charge >= 0.3 is 0 Å². The van der Waals surface area contributed by atoms with Gasteiger partial charge in [0.15, 0.2) is 0 Å². The minimum atomic E-state index is -0.0885. The molecule has 0 aliphatic carbocycles. The fourth-order valence-electron chi connectivity index (χ4n) is 2.83. The quantitative estimate of drug-likeness (QED) is 0.869. The largest absolute Gasteiger partial charge is 0.338 e. The lowest BCUT2D eigenvalue weighted by atomic mass is 9.92. The molecule has 0 radical (unpaired) electrons. The van der Waals surface area contributed by atoms with Crippen molar-refractivity contribution >= 4 is 11.8 Å². The van der Waals surface area contributed by atoms with E-state index in [0.29, 0.717) is 18.3 Å². The van der Waals surface area contributed by atoms with Gasteiger partial charge in [-0.05, 0) is 38.3 Å². The first kappa shape index (κ1) is 17.0. The van der Waals surface area contributed by atoms with Crippen LogP contribution in [0.1, 0.15) is 45.7 Å². The highest BCUT2D eigenvalue weighted by molar-refractivity contribution is 5.91. The van der Waals surface area contributed by atoms with Crippen molar-refractivity contribution in [2.75, 3.05) is 31.5 Å². The molecule has 1 aliphatic heterocycles. The number of carbonyl (C=O) groups is 1. The SMILES string of the molecule is CC(C)(C)c1cc(NC(=O)CN2CCCC(CCN)C2)on1. The summed E-state index contributed by atoms with van der Waals surface area (Å²) in [4.78, 5) is 14.3. The van der Waals surface area contributed by atoms with Gasteiger partial charge in [0, 0.05) is 18.0 Å². The summed E-state index contributed by atoms with van der Waals surface area (Å²) in [6.45, 7) is 9.21. The van der Waals surface area contributed by atoms with Crippen molar-refractivity contribution in [3.63, 3.8) is 0 Å². The Labute approximate surface area is 132 Å². The summed E-state index contributed by atoms with van der Waals surface area (Å²) in [5.74, 6) is 0.986. The Kier molecular flexibility index (Phi) is 5.58. The van der Waals surface area contributed by atoms with E-state index < -0.39 is 0 Å². The summed E-state index contributed by atoms with van der Waals surface area (Å²) in [5.41, 5.74) is 6.38. The van der Waals surface area contributed by atoms with Crippen LogP contribution in [-0.2, 0) is 10.2 Å². The van der Waals surface area contributed by atoms with Crippen LogP contribution in [0, 0.1) is 5.92 Å². The highest BCUT2D eigenvalue weighted by Crippen LogP contribution is 2.24. The molecule has 124 valence electrons. The van der Waals surface area contributed by atoms with Crippen LogP contribution < -0.4 is 11.1 Å². The summed E-state index contributed by atoms with van der Waals surface area (Å²) < 4.78 is 5.19. The maximum Gasteiger partial charge on any atom is 0.240 e. The molecule has 1 aliphatic rings. The lowest BCUT2D eigenvalue weighted by molar-refractivity contribution is -0.117. The van der Waals surface area contributed by atoms with Crippen molar-refractivity contribution < 1.29 is 9.32 Å². The molecule has 6 nitrogen and oxygen atoms in total. The van der Waals surface area contributed by atoms with E-state index in [2.05, 4.69) is 36.1 Å². The maximum atomic E-state index is 12.1. The minimum Gasteiger partial charge on any atom is -0.338 e. The number of nitrogens with zero attached hydrogens (tertiary/aromatic N) is 2. The molecule has 1 amide bonds. The number of piperidine rings is 1. The third-order valence-corrected chi connectivity index (χ3v) is 4.09. The molecule has 0 aromatic carbocycles. The number of likely N-dealkylation sites (tertiary alicyclic amines) is 1. The molecular weight excluding hydrogens is 280 g/mol. The number of nitrogens with two attached hydrogens (primary N) is 1. The summed E-state index contributed by atoms with van der Waals surface area (Å²) >= 11 is 0. The van der Waals surface area contributed by atoms with Gasteiger partial charge in [0.2, 0.25) is 11.8 Å². The van der Waals surface area contributed by atoms with Gasteiger partial charge in [-0.1, -0.05) is 25.9 Å². The number of rotatable bonds is 5. The molecular formula is C16H28N4O2. The van der Waals surface area contributed by atoms with E-state index in [1.807, 2.05) is 0 Å². The Hall–Kier alpha value is -1.40. The van der Waals surface area contributed by atoms with Gasteiger partial charge in [0.25, 0.3) is 0 Å². The van der Waals surface area contributed by atoms with Crippen molar-refractivity contribution in [3.8, 4) is 0 Å². The average Bonchev–Trinajstić information content (AvgIpc) is 2.87. The van der Waals surface area contributed by atoms with Gasteiger partial charge in [0.05, 0.1) is 12.2 Å². The molecule has 0 saturated carbocycles. The highest BCUT2D eigenvalue weighted by Gasteiger charge is 2.23. The Morgan fingerprint density at radius 1 is 1.55 bits per heavy atom. The maximum absolute atomic E-state index is 12.1. The van der Waals surface area contributed by atoms with Gasteiger partial charge in [-0.25, -0.2) is 0 Å². The molecule has 22 heavy (non-hydrogen) atoms. The second kappa shape index (κ2) is 7.24. The molecule has 1 unspecified atom stereocenters. The fraction of sp³-hybridized carbons (Fsp3) is 0.750. The van der Waals surface area contributed by atoms with E-state index in [-0.39, 0.29) is 11.3 Å². The Morgan fingerprint density at radius 2 is 2.32 bits per heavy atom. The predicted octanol–water partition coefficient (Wildman–Crippen LogP) is 1.97. The number of hydrogen-bond donors (Lipinski definition) is 2. The number of carbonyl (C=O) groups excluding carboxylic acids is 1. The van der Waals surface area contributed by atoms with E-state index >= 15 is 0 Å². The fourth-order valence-corrected chi connectivity index (χ4v) is 2.83. The standard InChI is InChI=1S/C16H28N4O2/c1-16(2,3)13-9-15(22-19-13)18-14(21)11-20-8-4-5-12(10-20)6-7-17/h9,12H,4-8,10-11,17H2,1-3H3,(H,18,21). The van der Waals surface area contributed by atoms with Gasteiger partial charge in [-0.15, -0.1) is 0 Å². The van der Waals surface area contributed by atoms with E-state index in [9.17, 15) is 4.79 Å². The van der Waals surface area contributed by atoms with Crippen LogP contribution in [0.5, 0.6) is 0 Å². The summed E-state index contributed by atoms with van der Waals surface area (Å²) in [6.07, 6.45) is 3.38. The first-order valence-electron chi connectivity index (χ1n) is 8.08. The smallest absolute Gasteiger partial charge is 0.240 e. The molecule has 1 fully saturated rings. The topological polar surface area (TPSA) is 84.4 Å². The number of aromatic nitrogens is 1. The van der Waals surface area contributed by atoms with Gasteiger partial charge < -0.3 is 10.3 Å². The van der Waals surface area contributed by atoms with E-state index in [4.69, 9.17) is 10.3 Å². The third kappa shape index (κ3) is 4.81. The van der Waals surface area contributed by atoms with Gasteiger partial charge in [0.1, 0.15) is 0 Å². The molecule has 3 N–H and O–H groups in total. The minimum absolute atomic E-state index is 0.0509. The molecule has 6 heteroatoms. The monoisotopic (exact) mass is 308 g/mol. The number of amides is 1. The van der Waals surface area contributed by atoms with E-state index in [0.717, 1.165) is 38.2 Å². The number of nitrogens with one attached hydrogen (secondary N) is 1. The predicted molar refractivity (Wildman–Crippen MR) is 86.7 cm³/mol. The Balaban J connectivity index is 1.83. The van der Waals surface area contributed by atoms with E-state index in [1.54, 1.807) is 6.07 Å². The second-order valence-electron chi connectivity index (χ2n) is 7.20. The summed E-state index contributed by atoms with van der Waals surface area (Å²) in [7, 11) is 0. The first-order chi connectivity index (χ1) is 10.4. The van der Waals surface area contributed by atoms with Crippen molar-refractivity contribution in [1.82, 2.24) is 10.1 Å². The van der Waals surface area contributed by atoms with Crippen molar-refractivity contribution in [1.29, 1.82) is 0 Å². The van der Waals surface area contributed by atoms with Gasteiger partial charge in [-0.3, -0.25) is 15.0 Å². The Bertz CT molecular complexity index is 491. The molecule has 2 heterocycles. The molecule has 1 atom stereocenters.